The van der Waals surface area contributed by atoms with Gasteiger partial charge in [0.15, 0.2) is 0 Å². The van der Waals surface area contributed by atoms with Crippen molar-refractivity contribution in [1.29, 1.82) is 0 Å². The third-order valence-electron chi connectivity index (χ3n) is 3.87. The molecule has 2 fully saturated rings. The molecule has 2 heterocycles. The molecule has 0 aromatic heterocycles. The number of hydrogen-bond acceptors (Lipinski definition) is 3. The maximum absolute atomic E-state index is 11.9. The van der Waals surface area contributed by atoms with Crippen LogP contribution in [0.3, 0.4) is 0 Å². The van der Waals surface area contributed by atoms with Gasteiger partial charge in [0, 0.05) is 38.4 Å². The number of likely N-dealkylation sites (tertiary alicyclic amines) is 1. The molecule has 2 atom stereocenters. The van der Waals surface area contributed by atoms with Crippen molar-refractivity contribution in [3.63, 3.8) is 0 Å². The summed E-state index contributed by atoms with van der Waals surface area (Å²) in [6.07, 6.45) is 2.92. The van der Waals surface area contributed by atoms with Crippen LogP contribution in [0.25, 0.3) is 0 Å². The van der Waals surface area contributed by atoms with Crippen LogP contribution >= 0.6 is 0 Å². The topological polar surface area (TPSA) is 66.5 Å². The van der Waals surface area contributed by atoms with Gasteiger partial charge in [0.25, 0.3) is 0 Å². The molecule has 2 rings (SSSR count). The van der Waals surface area contributed by atoms with Crippen molar-refractivity contribution in [1.82, 2.24) is 10.2 Å². The molecule has 2 aliphatic heterocycles. The Morgan fingerprint density at radius 1 is 1.33 bits per heavy atom. The Kier molecular flexibility index (Phi) is 3.99. The van der Waals surface area contributed by atoms with Gasteiger partial charge in [-0.25, -0.2) is 0 Å². The van der Waals surface area contributed by atoms with Crippen LogP contribution in [-0.2, 0) is 14.4 Å². The maximum Gasteiger partial charge on any atom is 0.223 e. The van der Waals surface area contributed by atoms with Crippen molar-refractivity contribution in [2.45, 2.75) is 45.1 Å². The summed E-state index contributed by atoms with van der Waals surface area (Å²) in [6, 6.07) is 0.239. The fraction of sp³-hybridized carbons (Fsp3) is 0.769. The number of nitrogens with one attached hydrogen (secondary N) is 1. The van der Waals surface area contributed by atoms with Crippen molar-refractivity contribution in [3.8, 4) is 0 Å². The minimum atomic E-state index is 0.0585. The Bertz CT molecular complexity index is 367. The molecule has 5 nitrogen and oxygen atoms in total. The van der Waals surface area contributed by atoms with Gasteiger partial charge in [0.05, 0.1) is 0 Å². The van der Waals surface area contributed by atoms with E-state index in [0.717, 1.165) is 19.4 Å². The van der Waals surface area contributed by atoms with E-state index in [0.29, 0.717) is 31.7 Å². The van der Waals surface area contributed by atoms with Gasteiger partial charge in [-0.05, 0) is 25.7 Å². The van der Waals surface area contributed by atoms with Gasteiger partial charge in [-0.1, -0.05) is 0 Å². The standard InChI is InChI=1S/C13H20N2O3/c1-9(16)2-5-13(18)15-7-6-11-10(8-15)3-4-12(17)14-11/h10-11H,2-8H2,1H3,(H,14,17). The summed E-state index contributed by atoms with van der Waals surface area (Å²) in [5.41, 5.74) is 0. The molecule has 0 aromatic rings. The van der Waals surface area contributed by atoms with Crippen LogP contribution in [0.2, 0.25) is 0 Å². The lowest BCUT2D eigenvalue weighted by Crippen LogP contribution is -2.55. The first-order valence-electron chi connectivity index (χ1n) is 6.63. The molecule has 2 amide bonds. The molecular formula is C13H20N2O3. The molecule has 2 unspecified atom stereocenters. The normalized spacial score (nSPS) is 27.4. The zero-order valence-corrected chi connectivity index (χ0v) is 10.8. The molecule has 0 radical (unpaired) electrons. The van der Waals surface area contributed by atoms with Crippen molar-refractivity contribution >= 4 is 17.6 Å². The van der Waals surface area contributed by atoms with Crippen LogP contribution in [0.15, 0.2) is 0 Å². The molecule has 18 heavy (non-hydrogen) atoms. The van der Waals surface area contributed by atoms with Crippen LogP contribution in [0, 0.1) is 5.92 Å². The average Bonchev–Trinajstić information content (AvgIpc) is 2.35. The number of hydrogen-bond donors (Lipinski definition) is 1. The number of carbonyl (C=O) groups excluding carboxylic acids is 3. The minimum absolute atomic E-state index is 0.0585. The Morgan fingerprint density at radius 3 is 2.83 bits per heavy atom. The summed E-state index contributed by atoms with van der Waals surface area (Å²) < 4.78 is 0. The second-order valence-electron chi connectivity index (χ2n) is 5.30. The van der Waals surface area contributed by atoms with E-state index in [4.69, 9.17) is 0 Å². The molecule has 100 valence electrons. The number of Topliss-reactive ketones (excluding diaryl/α,β-unsaturated/α-hetero) is 1. The highest BCUT2D eigenvalue weighted by Gasteiger charge is 2.34. The fourth-order valence-corrected chi connectivity index (χ4v) is 2.78. The third-order valence-corrected chi connectivity index (χ3v) is 3.87. The molecule has 0 spiro atoms. The summed E-state index contributed by atoms with van der Waals surface area (Å²) >= 11 is 0. The zero-order chi connectivity index (χ0) is 13.1. The quantitative estimate of drug-likeness (QED) is 0.794. The van der Waals surface area contributed by atoms with Crippen LogP contribution in [0.1, 0.15) is 39.0 Å². The van der Waals surface area contributed by atoms with E-state index >= 15 is 0 Å². The highest BCUT2D eigenvalue weighted by molar-refractivity contribution is 5.83. The Labute approximate surface area is 107 Å². The van der Waals surface area contributed by atoms with Gasteiger partial charge in [-0.15, -0.1) is 0 Å². The van der Waals surface area contributed by atoms with E-state index in [1.165, 1.54) is 6.92 Å². The summed E-state index contributed by atoms with van der Waals surface area (Å²) in [5, 5.41) is 3.00. The Balaban J connectivity index is 1.85. The molecule has 2 saturated heterocycles. The van der Waals surface area contributed by atoms with Gasteiger partial charge in [0.2, 0.25) is 11.8 Å². The molecule has 0 saturated carbocycles. The van der Waals surface area contributed by atoms with Crippen LogP contribution < -0.4 is 5.32 Å². The van der Waals surface area contributed by atoms with Crippen molar-refractivity contribution in [3.05, 3.63) is 0 Å². The monoisotopic (exact) mass is 252 g/mol. The highest BCUT2D eigenvalue weighted by Crippen LogP contribution is 2.25. The smallest absolute Gasteiger partial charge is 0.223 e. The van der Waals surface area contributed by atoms with Gasteiger partial charge in [0.1, 0.15) is 5.78 Å². The van der Waals surface area contributed by atoms with Crippen molar-refractivity contribution in [2.75, 3.05) is 13.1 Å². The second-order valence-corrected chi connectivity index (χ2v) is 5.30. The molecule has 0 aliphatic carbocycles. The van der Waals surface area contributed by atoms with Gasteiger partial charge in [-0.2, -0.15) is 0 Å². The summed E-state index contributed by atoms with van der Waals surface area (Å²) in [4.78, 5) is 35.9. The number of amides is 2. The lowest BCUT2D eigenvalue weighted by Gasteiger charge is -2.41. The molecular weight excluding hydrogens is 232 g/mol. The predicted molar refractivity (Wildman–Crippen MR) is 65.8 cm³/mol. The minimum Gasteiger partial charge on any atom is -0.353 e. The summed E-state index contributed by atoms with van der Waals surface area (Å²) in [6.45, 7) is 2.93. The number of ketones is 1. The van der Waals surface area contributed by atoms with E-state index in [1.54, 1.807) is 0 Å². The van der Waals surface area contributed by atoms with Crippen LogP contribution in [-0.4, -0.2) is 41.6 Å². The molecule has 1 N–H and O–H groups in total. The SMILES string of the molecule is CC(=O)CCC(=O)N1CCC2NC(=O)CCC2C1. The number of carbonyl (C=O) groups is 3. The summed E-state index contributed by atoms with van der Waals surface area (Å²) in [5.74, 6) is 0.647. The molecule has 2 aliphatic rings. The first kappa shape index (κ1) is 13.1. The first-order chi connectivity index (χ1) is 8.56. The zero-order valence-electron chi connectivity index (χ0n) is 10.8. The number of piperidine rings is 2. The van der Waals surface area contributed by atoms with E-state index in [-0.39, 0.29) is 23.6 Å². The van der Waals surface area contributed by atoms with E-state index < -0.39 is 0 Å². The van der Waals surface area contributed by atoms with Crippen molar-refractivity contribution in [2.24, 2.45) is 5.92 Å². The van der Waals surface area contributed by atoms with Gasteiger partial charge in [-0.3, -0.25) is 9.59 Å². The van der Waals surface area contributed by atoms with Gasteiger partial charge >= 0.3 is 0 Å². The third kappa shape index (κ3) is 3.09. The van der Waals surface area contributed by atoms with Crippen molar-refractivity contribution < 1.29 is 14.4 Å². The molecule has 0 aromatic carbocycles. The highest BCUT2D eigenvalue weighted by atomic mass is 16.2. The molecule has 5 heteroatoms. The predicted octanol–water partition coefficient (Wildman–Crippen LogP) is 0.483. The average molecular weight is 252 g/mol. The first-order valence-corrected chi connectivity index (χ1v) is 6.63. The van der Waals surface area contributed by atoms with E-state index in [2.05, 4.69) is 5.32 Å². The lowest BCUT2D eigenvalue weighted by molar-refractivity contribution is -0.136. The Morgan fingerprint density at radius 2 is 2.11 bits per heavy atom. The summed E-state index contributed by atoms with van der Waals surface area (Å²) in [7, 11) is 0. The Hall–Kier alpha value is -1.39. The fourth-order valence-electron chi connectivity index (χ4n) is 2.78. The second kappa shape index (κ2) is 5.50. The van der Waals surface area contributed by atoms with E-state index in [9.17, 15) is 14.4 Å². The van der Waals surface area contributed by atoms with Crippen LogP contribution in [0.4, 0.5) is 0 Å². The number of fused-ring (bicyclic) bond motifs is 1. The number of nitrogens with zero attached hydrogens (tertiary/aromatic N) is 1. The number of rotatable bonds is 3. The lowest BCUT2D eigenvalue weighted by atomic mass is 9.85. The maximum atomic E-state index is 11.9. The van der Waals surface area contributed by atoms with E-state index in [1.807, 2.05) is 4.90 Å². The van der Waals surface area contributed by atoms with Gasteiger partial charge < -0.3 is 15.0 Å². The molecule has 0 bridgehead atoms. The van der Waals surface area contributed by atoms with Crippen LogP contribution in [0.5, 0.6) is 0 Å². The largest absolute Gasteiger partial charge is 0.353 e.